The van der Waals surface area contributed by atoms with E-state index in [1.54, 1.807) is 18.2 Å². The van der Waals surface area contributed by atoms with Gasteiger partial charge in [-0.1, -0.05) is 18.2 Å². The van der Waals surface area contributed by atoms with Crippen LogP contribution in [-0.4, -0.2) is 4.57 Å². The minimum absolute atomic E-state index is 0.271. The lowest BCUT2D eigenvalue weighted by molar-refractivity contribution is 0.291. The molecule has 23 heavy (non-hydrogen) atoms. The van der Waals surface area contributed by atoms with Gasteiger partial charge in [-0.05, 0) is 43.7 Å². The summed E-state index contributed by atoms with van der Waals surface area (Å²) in [6, 6.07) is 13.0. The second kappa shape index (κ2) is 6.42. The summed E-state index contributed by atoms with van der Waals surface area (Å²) in [4.78, 5) is 0. The fourth-order valence-electron chi connectivity index (χ4n) is 2.76. The van der Waals surface area contributed by atoms with Crippen LogP contribution < -0.4 is 10.5 Å². The molecule has 0 atom stereocenters. The van der Waals surface area contributed by atoms with Gasteiger partial charge in [0.2, 0.25) is 0 Å². The fraction of sp³-hybridized carbons (Fsp3) is 0.263. The number of nitrogens with zero attached hydrogens (tertiary/aromatic N) is 1. The lowest BCUT2D eigenvalue weighted by Crippen LogP contribution is -1.99. The Morgan fingerprint density at radius 2 is 1.96 bits per heavy atom. The highest BCUT2D eigenvalue weighted by molar-refractivity contribution is 5.84. The highest BCUT2D eigenvalue weighted by atomic mass is 19.1. The summed E-state index contributed by atoms with van der Waals surface area (Å²) in [5, 5.41) is 1.11. The number of hydrogen-bond acceptors (Lipinski definition) is 2. The molecular formula is C19H21FN2O. The number of fused-ring (bicyclic) bond motifs is 1. The monoisotopic (exact) mass is 312 g/mol. The molecule has 0 aliphatic rings. The third-order valence-corrected chi connectivity index (χ3v) is 3.99. The van der Waals surface area contributed by atoms with Gasteiger partial charge in [0.05, 0.1) is 0 Å². The predicted molar refractivity (Wildman–Crippen MR) is 90.9 cm³/mol. The quantitative estimate of drug-likeness (QED) is 0.758. The van der Waals surface area contributed by atoms with Crippen molar-refractivity contribution in [1.29, 1.82) is 0 Å². The van der Waals surface area contributed by atoms with E-state index in [1.165, 1.54) is 6.07 Å². The number of nitrogens with two attached hydrogens (primary N) is 1. The zero-order valence-electron chi connectivity index (χ0n) is 13.4. The maximum atomic E-state index is 13.7. The van der Waals surface area contributed by atoms with Gasteiger partial charge in [-0.3, -0.25) is 0 Å². The summed E-state index contributed by atoms with van der Waals surface area (Å²) in [5.41, 5.74) is 9.01. The van der Waals surface area contributed by atoms with Crippen LogP contribution >= 0.6 is 0 Å². The summed E-state index contributed by atoms with van der Waals surface area (Å²) in [7, 11) is 0. The van der Waals surface area contributed by atoms with Crippen LogP contribution in [0.15, 0.2) is 48.7 Å². The van der Waals surface area contributed by atoms with Gasteiger partial charge in [-0.25, -0.2) is 4.39 Å². The minimum Gasteiger partial charge on any atom is -0.486 e. The molecule has 3 nitrogen and oxygen atoms in total. The van der Waals surface area contributed by atoms with Crippen LogP contribution in [0, 0.1) is 5.82 Å². The Kier molecular flexibility index (Phi) is 4.35. The zero-order valence-corrected chi connectivity index (χ0v) is 13.4. The van der Waals surface area contributed by atoms with Crippen molar-refractivity contribution in [3.8, 4) is 5.75 Å². The van der Waals surface area contributed by atoms with E-state index >= 15 is 0 Å². The van der Waals surface area contributed by atoms with Crippen LogP contribution in [0.4, 0.5) is 4.39 Å². The van der Waals surface area contributed by atoms with Gasteiger partial charge in [0.1, 0.15) is 6.61 Å². The molecule has 0 aliphatic heterocycles. The van der Waals surface area contributed by atoms with E-state index in [4.69, 9.17) is 10.5 Å². The molecule has 1 aromatic heterocycles. The molecule has 2 N–H and O–H groups in total. The smallest absolute Gasteiger partial charge is 0.165 e. The topological polar surface area (TPSA) is 40.2 Å². The Balaban J connectivity index is 1.97. The van der Waals surface area contributed by atoms with Crippen molar-refractivity contribution in [2.45, 2.75) is 33.0 Å². The standard InChI is InChI=1S/C19H21FN2O/c1-13(2)22-11-15(12-23-19-6-4-3-5-17(19)20)16-9-14(10-21)7-8-18(16)22/h3-9,11,13H,10,12,21H2,1-2H3. The number of halogens is 1. The maximum absolute atomic E-state index is 13.7. The fourth-order valence-corrected chi connectivity index (χ4v) is 2.76. The Morgan fingerprint density at radius 3 is 2.65 bits per heavy atom. The first-order valence-electron chi connectivity index (χ1n) is 7.80. The summed E-state index contributed by atoms with van der Waals surface area (Å²) in [6.45, 7) is 5.09. The van der Waals surface area contributed by atoms with E-state index in [2.05, 4.69) is 36.7 Å². The number of rotatable bonds is 5. The van der Waals surface area contributed by atoms with Crippen LogP contribution in [0.3, 0.4) is 0 Å². The molecule has 0 saturated heterocycles. The normalized spacial score (nSPS) is 11.3. The van der Waals surface area contributed by atoms with Gasteiger partial charge in [-0.2, -0.15) is 0 Å². The molecule has 0 bridgehead atoms. The van der Waals surface area contributed by atoms with E-state index < -0.39 is 0 Å². The van der Waals surface area contributed by atoms with Crippen molar-refractivity contribution < 1.29 is 9.13 Å². The molecule has 0 aliphatic carbocycles. The largest absolute Gasteiger partial charge is 0.486 e. The minimum atomic E-state index is -0.345. The summed E-state index contributed by atoms with van der Waals surface area (Å²) in [5.74, 6) is -0.0735. The Labute approximate surface area is 135 Å². The van der Waals surface area contributed by atoms with Crippen molar-refractivity contribution in [2.24, 2.45) is 5.73 Å². The van der Waals surface area contributed by atoms with E-state index in [0.717, 1.165) is 22.0 Å². The maximum Gasteiger partial charge on any atom is 0.165 e. The second-order valence-corrected chi connectivity index (χ2v) is 5.93. The summed E-state index contributed by atoms with van der Waals surface area (Å²) >= 11 is 0. The number of benzene rings is 2. The number of para-hydroxylation sites is 1. The third kappa shape index (κ3) is 3.08. The molecule has 0 unspecified atom stereocenters. The number of ether oxygens (including phenoxy) is 1. The average molecular weight is 312 g/mol. The van der Waals surface area contributed by atoms with Crippen LogP contribution in [0.5, 0.6) is 5.75 Å². The van der Waals surface area contributed by atoms with E-state index in [9.17, 15) is 4.39 Å². The van der Waals surface area contributed by atoms with Crippen LogP contribution in [0.25, 0.3) is 10.9 Å². The van der Waals surface area contributed by atoms with Gasteiger partial charge in [0.15, 0.2) is 11.6 Å². The van der Waals surface area contributed by atoms with Crippen molar-refractivity contribution in [3.05, 3.63) is 65.6 Å². The van der Waals surface area contributed by atoms with E-state index in [-0.39, 0.29) is 11.6 Å². The van der Waals surface area contributed by atoms with Gasteiger partial charge in [-0.15, -0.1) is 0 Å². The predicted octanol–water partition coefficient (Wildman–Crippen LogP) is 4.40. The Bertz CT molecular complexity index is 823. The molecule has 0 amide bonds. The van der Waals surface area contributed by atoms with Gasteiger partial charge < -0.3 is 15.0 Å². The molecule has 2 aromatic carbocycles. The summed E-state index contributed by atoms with van der Waals surface area (Å²) < 4.78 is 21.6. The number of hydrogen-bond donors (Lipinski definition) is 1. The van der Waals surface area contributed by atoms with Crippen molar-refractivity contribution >= 4 is 10.9 Å². The van der Waals surface area contributed by atoms with Crippen LogP contribution in [0.1, 0.15) is 31.0 Å². The number of aromatic nitrogens is 1. The van der Waals surface area contributed by atoms with Gasteiger partial charge in [0.25, 0.3) is 0 Å². The van der Waals surface area contributed by atoms with E-state index in [1.807, 2.05) is 6.07 Å². The Hall–Kier alpha value is -2.33. The zero-order chi connectivity index (χ0) is 16.4. The molecule has 4 heteroatoms. The molecule has 1 heterocycles. The molecule has 0 spiro atoms. The molecule has 0 saturated carbocycles. The highest BCUT2D eigenvalue weighted by Gasteiger charge is 2.12. The lowest BCUT2D eigenvalue weighted by Gasteiger charge is -2.09. The first-order valence-corrected chi connectivity index (χ1v) is 7.80. The van der Waals surface area contributed by atoms with E-state index in [0.29, 0.717) is 19.2 Å². The molecule has 3 aromatic rings. The SMILES string of the molecule is CC(C)n1cc(COc2ccccc2F)c2cc(CN)ccc21. The summed E-state index contributed by atoms with van der Waals surface area (Å²) in [6.07, 6.45) is 2.08. The first kappa shape index (κ1) is 15.6. The molecule has 0 radical (unpaired) electrons. The van der Waals surface area contributed by atoms with Crippen LogP contribution in [-0.2, 0) is 13.2 Å². The second-order valence-electron chi connectivity index (χ2n) is 5.93. The lowest BCUT2D eigenvalue weighted by atomic mass is 10.1. The van der Waals surface area contributed by atoms with Crippen molar-refractivity contribution in [2.75, 3.05) is 0 Å². The molecule has 0 fully saturated rings. The van der Waals surface area contributed by atoms with Crippen molar-refractivity contribution in [1.82, 2.24) is 4.57 Å². The highest BCUT2D eigenvalue weighted by Crippen LogP contribution is 2.27. The molecule has 3 rings (SSSR count). The Morgan fingerprint density at radius 1 is 1.17 bits per heavy atom. The average Bonchev–Trinajstić information content (AvgIpc) is 2.92. The van der Waals surface area contributed by atoms with Gasteiger partial charge >= 0.3 is 0 Å². The molecular weight excluding hydrogens is 291 g/mol. The third-order valence-electron chi connectivity index (χ3n) is 3.99. The first-order chi connectivity index (χ1) is 11.1. The van der Waals surface area contributed by atoms with Crippen molar-refractivity contribution in [3.63, 3.8) is 0 Å². The van der Waals surface area contributed by atoms with Crippen LogP contribution in [0.2, 0.25) is 0 Å². The molecule has 120 valence electrons. The van der Waals surface area contributed by atoms with Gasteiger partial charge in [0, 0.05) is 35.2 Å².